The number of hydrogen-bond donors (Lipinski definition) is 0. The van der Waals surface area contributed by atoms with Crippen molar-refractivity contribution in [2.24, 2.45) is 4.99 Å². The smallest absolute Gasteiger partial charge is 0.338 e. The quantitative estimate of drug-likeness (QED) is 0.231. The van der Waals surface area contributed by atoms with Gasteiger partial charge in [-0.15, -0.1) is 11.8 Å². The number of thiazole rings is 1. The Bertz CT molecular complexity index is 1930. The van der Waals surface area contributed by atoms with Crippen LogP contribution in [0.15, 0.2) is 97.5 Å². The second-order valence-electron chi connectivity index (χ2n) is 9.43. The minimum Gasteiger partial charge on any atom is -0.463 e. The largest absolute Gasteiger partial charge is 0.463 e. The fraction of sp³-hybridized carbons (Fsp3) is 0.161. The zero-order chi connectivity index (χ0) is 28.8. The molecule has 0 radical (unpaired) electrons. The lowest BCUT2D eigenvalue weighted by atomic mass is 9.93. The molecule has 10 heteroatoms. The highest BCUT2D eigenvalue weighted by atomic mass is 79.9. The number of nitrogens with zero attached hydrogens (tertiary/aromatic N) is 3. The summed E-state index contributed by atoms with van der Waals surface area (Å²) in [6, 6.07) is 21.9. The third-order valence-corrected chi connectivity index (χ3v) is 9.41. The van der Waals surface area contributed by atoms with E-state index in [1.165, 1.54) is 4.57 Å². The summed E-state index contributed by atoms with van der Waals surface area (Å²) in [4.78, 5) is 49.4. The Morgan fingerprint density at radius 1 is 1.07 bits per heavy atom. The number of ether oxygens (including phenoxy) is 1. The fourth-order valence-corrected chi connectivity index (χ4v) is 7.07. The summed E-state index contributed by atoms with van der Waals surface area (Å²) in [5.74, 6) is -0.810. The maximum Gasteiger partial charge on any atom is 0.338 e. The Labute approximate surface area is 252 Å². The van der Waals surface area contributed by atoms with Crippen molar-refractivity contribution in [2.75, 3.05) is 24.8 Å². The first-order chi connectivity index (χ1) is 19.8. The molecule has 0 bridgehead atoms. The first-order valence-electron chi connectivity index (χ1n) is 12.9. The van der Waals surface area contributed by atoms with E-state index >= 15 is 0 Å². The average molecular weight is 647 g/mol. The van der Waals surface area contributed by atoms with E-state index in [0.717, 1.165) is 37.5 Å². The number of anilines is 1. The molecule has 2 aliphatic rings. The zero-order valence-corrected chi connectivity index (χ0v) is 25.6. The topological polar surface area (TPSA) is 81.0 Å². The monoisotopic (exact) mass is 645 g/mol. The Hall–Kier alpha value is -3.73. The molecule has 1 amide bonds. The van der Waals surface area contributed by atoms with Crippen LogP contribution in [0.5, 0.6) is 0 Å². The van der Waals surface area contributed by atoms with Crippen LogP contribution in [0.1, 0.15) is 29.7 Å². The Kier molecular flexibility index (Phi) is 7.31. The number of hydrogen-bond acceptors (Lipinski definition) is 7. The lowest BCUT2D eigenvalue weighted by Gasteiger charge is -2.26. The van der Waals surface area contributed by atoms with E-state index < -0.39 is 12.0 Å². The molecule has 0 aliphatic carbocycles. The highest BCUT2D eigenvalue weighted by Gasteiger charge is 2.37. The van der Waals surface area contributed by atoms with Gasteiger partial charge in [0.05, 0.1) is 35.2 Å². The molecule has 7 nitrogen and oxygen atoms in total. The van der Waals surface area contributed by atoms with Crippen molar-refractivity contribution >= 4 is 67.9 Å². The molecule has 3 aromatic carbocycles. The number of amides is 1. The van der Waals surface area contributed by atoms with Gasteiger partial charge in [0.1, 0.15) is 4.53 Å². The fourth-order valence-electron chi connectivity index (χ4n) is 5.21. The highest BCUT2D eigenvalue weighted by molar-refractivity contribution is 9.10. The minimum atomic E-state index is -0.804. The SMILES string of the molecule is CCOC(=O)C1=C(c2ccccc2)N=c2s/c(=C3\C(=O)N(C)c4ccc(Br)cc43)c(=O)n2[C@H]1c1ccc(SC)cc1. The van der Waals surface area contributed by atoms with Gasteiger partial charge in [-0.2, -0.15) is 0 Å². The van der Waals surface area contributed by atoms with Crippen LogP contribution in [0.3, 0.4) is 0 Å². The molecule has 41 heavy (non-hydrogen) atoms. The number of esters is 1. The second-order valence-corrected chi connectivity index (χ2v) is 12.2. The van der Waals surface area contributed by atoms with E-state index in [1.807, 2.05) is 79.1 Å². The number of carbonyl (C=O) groups excluding carboxylic acids is 2. The predicted octanol–water partition coefficient (Wildman–Crippen LogP) is 4.77. The Morgan fingerprint density at radius 3 is 2.49 bits per heavy atom. The molecule has 206 valence electrons. The van der Waals surface area contributed by atoms with E-state index in [2.05, 4.69) is 15.9 Å². The molecule has 0 saturated heterocycles. The molecule has 4 aromatic rings. The van der Waals surface area contributed by atoms with Crippen LogP contribution >= 0.6 is 39.0 Å². The van der Waals surface area contributed by atoms with Crippen molar-refractivity contribution < 1.29 is 14.3 Å². The number of fused-ring (bicyclic) bond motifs is 2. The van der Waals surface area contributed by atoms with Gasteiger partial charge in [-0.25, -0.2) is 9.79 Å². The standard InChI is InChI=1S/C31H24BrN3O4S2/c1-4-39-30(38)24-25(17-8-6-5-7-9-17)33-31-35(26(24)18-10-13-20(40-3)14-11-18)29(37)27(41-31)23-21-16-19(32)12-15-22(21)34(2)28(23)36/h5-16,26H,4H2,1-3H3/b27-23-/t26-/m0/s1. The van der Waals surface area contributed by atoms with Crippen molar-refractivity contribution in [1.82, 2.24) is 4.57 Å². The Morgan fingerprint density at radius 2 is 1.80 bits per heavy atom. The van der Waals surface area contributed by atoms with Gasteiger partial charge in [0.25, 0.3) is 11.5 Å². The van der Waals surface area contributed by atoms with Gasteiger partial charge in [-0.3, -0.25) is 14.2 Å². The van der Waals surface area contributed by atoms with Gasteiger partial charge in [0.15, 0.2) is 4.80 Å². The van der Waals surface area contributed by atoms with Gasteiger partial charge in [-0.1, -0.05) is 69.7 Å². The van der Waals surface area contributed by atoms with E-state index in [9.17, 15) is 14.4 Å². The average Bonchev–Trinajstić information content (AvgIpc) is 3.44. The number of rotatable bonds is 5. The van der Waals surface area contributed by atoms with Crippen molar-refractivity contribution in [1.29, 1.82) is 0 Å². The number of benzene rings is 3. The van der Waals surface area contributed by atoms with Gasteiger partial charge < -0.3 is 9.64 Å². The van der Waals surface area contributed by atoms with Crippen LogP contribution in [0, 0.1) is 0 Å². The van der Waals surface area contributed by atoms with Gasteiger partial charge in [-0.05, 0) is 49.1 Å². The van der Waals surface area contributed by atoms with E-state index in [-0.39, 0.29) is 28.2 Å². The summed E-state index contributed by atoms with van der Waals surface area (Å²) in [6.45, 7) is 1.92. The molecule has 1 aromatic heterocycles. The summed E-state index contributed by atoms with van der Waals surface area (Å²) in [5, 5.41) is 0. The normalized spacial score (nSPS) is 17.3. The van der Waals surface area contributed by atoms with Crippen LogP contribution in [-0.2, 0) is 14.3 Å². The molecule has 3 heterocycles. The summed E-state index contributed by atoms with van der Waals surface area (Å²) in [6.07, 6.45) is 1.99. The maximum absolute atomic E-state index is 14.4. The third-order valence-electron chi connectivity index (χ3n) is 7.12. The molecule has 0 unspecified atom stereocenters. The van der Waals surface area contributed by atoms with Crippen LogP contribution in [0.4, 0.5) is 5.69 Å². The second kappa shape index (κ2) is 10.9. The number of carbonyl (C=O) groups is 2. The first kappa shape index (κ1) is 27.4. The summed E-state index contributed by atoms with van der Waals surface area (Å²) in [7, 11) is 1.70. The molecular formula is C31H24BrN3O4S2. The van der Waals surface area contributed by atoms with Crippen LogP contribution in [0.2, 0.25) is 0 Å². The third kappa shape index (κ3) is 4.60. The van der Waals surface area contributed by atoms with Gasteiger partial charge >= 0.3 is 5.97 Å². The van der Waals surface area contributed by atoms with Crippen molar-refractivity contribution in [3.05, 3.63) is 119 Å². The van der Waals surface area contributed by atoms with Crippen LogP contribution < -0.4 is 19.8 Å². The maximum atomic E-state index is 14.4. The molecule has 6 rings (SSSR count). The van der Waals surface area contributed by atoms with E-state index in [0.29, 0.717) is 21.6 Å². The highest BCUT2D eigenvalue weighted by Crippen LogP contribution is 2.38. The number of thioether (sulfide) groups is 1. The van der Waals surface area contributed by atoms with Crippen molar-refractivity contribution in [3.8, 4) is 0 Å². The molecule has 2 aliphatic heterocycles. The molecule has 0 spiro atoms. The van der Waals surface area contributed by atoms with Gasteiger partial charge in [0.2, 0.25) is 0 Å². The zero-order valence-electron chi connectivity index (χ0n) is 22.4. The van der Waals surface area contributed by atoms with Crippen molar-refractivity contribution in [2.45, 2.75) is 17.9 Å². The molecule has 1 atom stereocenters. The van der Waals surface area contributed by atoms with Crippen LogP contribution in [0.25, 0.3) is 11.3 Å². The number of halogens is 1. The van der Waals surface area contributed by atoms with Crippen molar-refractivity contribution in [3.63, 3.8) is 0 Å². The summed E-state index contributed by atoms with van der Waals surface area (Å²) < 4.78 is 8.15. The van der Waals surface area contributed by atoms with Crippen LogP contribution in [-0.4, -0.2) is 36.4 Å². The van der Waals surface area contributed by atoms with E-state index in [1.54, 1.807) is 30.6 Å². The van der Waals surface area contributed by atoms with E-state index in [4.69, 9.17) is 9.73 Å². The summed E-state index contributed by atoms with van der Waals surface area (Å²) >= 11 is 6.27. The lowest BCUT2D eigenvalue weighted by molar-refractivity contribution is -0.138. The molecular weight excluding hydrogens is 622 g/mol. The predicted molar refractivity (Wildman–Crippen MR) is 166 cm³/mol. The molecule has 0 saturated carbocycles. The number of aromatic nitrogens is 1. The number of likely N-dealkylation sites (N-methyl/N-ethyl adjacent to an activating group) is 1. The minimum absolute atomic E-state index is 0.170. The van der Waals surface area contributed by atoms with Gasteiger partial charge in [0, 0.05) is 27.5 Å². The molecule has 0 N–H and O–H groups in total. The summed E-state index contributed by atoms with van der Waals surface area (Å²) in [5.41, 5.74) is 3.53. The molecule has 0 fully saturated rings. The Balaban J connectivity index is 1.72. The lowest BCUT2D eigenvalue weighted by Crippen LogP contribution is -2.40. The first-order valence-corrected chi connectivity index (χ1v) is 15.7.